The Morgan fingerprint density at radius 3 is 1.51 bits per heavy atom. The van der Waals surface area contributed by atoms with Crippen molar-refractivity contribution in [1.82, 2.24) is 19.1 Å². The molecule has 0 saturated heterocycles. The molecule has 0 atom stereocenters. The number of aryl methyl sites for hydroxylation is 2. The summed E-state index contributed by atoms with van der Waals surface area (Å²) in [7, 11) is -1.88. The summed E-state index contributed by atoms with van der Waals surface area (Å²) in [6, 6.07) is 6.37. The van der Waals surface area contributed by atoms with Crippen LogP contribution >= 0.6 is 0 Å². The maximum Gasteiger partial charge on any atom is 0.260 e. The predicted molar refractivity (Wildman–Crippen MR) is 142 cm³/mol. The highest BCUT2D eigenvalue weighted by Crippen LogP contribution is 2.34. The molecule has 2 aromatic heterocycles. The smallest absolute Gasteiger partial charge is 0.260 e. The van der Waals surface area contributed by atoms with Gasteiger partial charge in [-0.2, -0.15) is 0 Å². The molecule has 0 fully saturated rings. The van der Waals surface area contributed by atoms with Gasteiger partial charge in [0.1, 0.15) is 11.6 Å². The van der Waals surface area contributed by atoms with Crippen LogP contribution in [0.25, 0.3) is 33.4 Å². The Hall–Kier alpha value is -3.40. The minimum atomic E-state index is -1.88. The summed E-state index contributed by atoms with van der Waals surface area (Å²) >= 11 is 0. The number of nitrogens with zero attached hydrogens (tertiary/aromatic N) is 4. The standard InChI is InChI=1S/C27H23BF4N4Si/c1-6-19-33-15-10-13(29)24(31)22-26(15)35(19)17-8-12(37(3,4)5)9-18-21(17)28(22)23-25(32)14(30)11-16-27(23)36(18)20(7-2)34-16/h8-11H,6-7H2,1-5H3. The van der Waals surface area contributed by atoms with Crippen LogP contribution in [0, 0.1) is 23.3 Å². The normalized spacial score (nSPS) is 13.7. The van der Waals surface area contributed by atoms with Crippen LogP contribution in [-0.2, 0) is 12.8 Å². The van der Waals surface area contributed by atoms with Gasteiger partial charge in [-0.3, -0.25) is 9.13 Å². The zero-order chi connectivity index (χ0) is 26.1. The van der Waals surface area contributed by atoms with E-state index in [0.29, 0.717) is 52.0 Å². The van der Waals surface area contributed by atoms with Crippen molar-refractivity contribution < 1.29 is 17.6 Å². The molecule has 0 N–H and O–H groups in total. The first-order valence-electron chi connectivity index (χ1n) is 12.5. The van der Waals surface area contributed by atoms with Gasteiger partial charge in [0.25, 0.3) is 6.71 Å². The molecule has 0 spiro atoms. The summed E-state index contributed by atoms with van der Waals surface area (Å²) in [5, 5.41) is 1.16. The van der Waals surface area contributed by atoms with Crippen molar-refractivity contribution in [3.8, 4) is 11.4 Å². The van der Waals surface area contributed by atoms with Gasteiger partial charge in [-0.1, -0.05) is 38.7 Å². The van der Waals surface area contributed by atoms with Crippen molar-refractivity contribution in [2.24, 2.45) is 0 Å². The molecule has 7 rings (SSSR count). The highest BCUT2D eigenvalue weighted by molar-refractivity contribution is 7.00. The minimum Gasteiger partial charge on any atom is -0.297 e. The Balaban J connectivity index is 1.80. The fraction of sp³-hybridized carbons (Fsp3) is 0.259. The zero-order valence-electron chi connectivity index (χ0n) is 21.1. The Bertz CT molecular complexity index is 1730. The monoisotopic (exact) mass is 518 g/mol. The first-order valence-corrected chi connectivity index (χ1v) is 16.0. The van der Waals surface area contributed by atoms with Gasteiger partial charge in [-0.15, -0.1) is 0 Å². The van der Waals surface area contributed by atoms with Crippen LogP contribution in [0.1, 0.15) is 25.5 Å². The first-order chi connectivity index (χ1) is 17.6. The second-order valence-electron chi connectivity index (χ2n) is 11.0. The summed E-state index contributed by atoms with van der Waals surface area (Å²) in [6.07, 6.45) is 1.06. The number of halogens is 4. The Kier molecular flexibility index (Phi) is 4.38. The lowest BCUT2D eigenvalue weighted by Crippen LogP contribution is -2.62. The molecule has 4 nitrogen and oxygen atoms in total. The summed E-state index contributed by atoms with van der Waals surface area (Å²) in [4.78, 5) is 9.31. The molecule has 2 aliphatic heterocycles. The van der Waals surface area contributed by atoms with E-state index in [-0.39, 0.29) is 10.9 Å². The molecule has 3 aromatic carbocycles. The molecule has 0 amide bonds. The maximum atomic E-state index is 15.8. The van der Waals surface area contributed by atoms with Gasteiger partial charge in [0.05, 0.1) is 30.1 Å². The van der Waals surface area contributed by atoms with Gasteiger partial charge < -0.3 is 0 Å². The molecule has 10 heteroatoms. The average molecular weight is 518 g/mol. The van der Waals surface area contributed by atoms with Crippen molar-refractivity contribution in [1.29, 1.82) is 0 Å². The van der Waals surface area contributed by atoms with Crippen LogP contribution < -0.4 is 21.6 Å². The van der Waals surface area contributed by atoms with Gasteiger partial charge in [0.2, 0.25) is 0 Å². The van der Waals surface area contributed by atoms with E-state index in [9.17, 15) is 0 Å². The third kappa shape index (κ3) is 2.69. The summed E-state index contributed by atoms with van der Waals surface area (Å²) in [5.41, 5.74) is 3.56. The lowest BCUT2D eigenvalue weighted by Gasteiger charge is -2.35. The van der Waals surface area contributed by atoms with Crippen molar-refractivity contribution in [3.05, 3.63) is 59.2 Å². The van der Waals surface area contributed by atoms with E-state index in [2.05, 4.69) is 41.7 Å². The molecule has 0 aliphatic carbocycles. The molecule has 0 unspecified atom stereocenters. The van der Waals surface area contributed by atoms with Gasteiger partial charge in [0.15, 0.2) is 23.3 Å². The minimum absolute atomic E-state index is 0.00648. The molecular weight excluding hydrogens is 495 g/mol. The van der Waals surface area contributed by atoms with Crippen LogP contribution in [-0.4, -0.2) is 33.9 Å². The molecule has 0 saturated carbocycles. The van der Waals surface area contributed by atoms with Crippen LogP contribution in [0.15, 0.2) is 24.3 Å². The summed E-state index contributed by atoms with van der Waals surface area (Å²) in [6.45, 7) is 9.56. The molecular formula is C27H23BF4N4Si. The van der Waals surface area contributed by atoms with E-state index in [1.807, 2.05) is 23.0 Å². The molecule has 37 heavy (non-hydrogen) atoms. The van der Waals surface area contributed by atoms with E-state index in [1.165, 1.54) is 0 Å². The van der Waals surface area contributed by atoms with Crippen LogP contribution in [0.2, 0.25) is 19.6 Å². The topological polar surface area (TPSA) is 35.6 Å². The maximum absolute atomic E-state index is 15.8. The van der Waals surface area contributed by atoms with E-state index in [4.69, 9.17) is 0 Å². The first kappa shape index (κ1) is 22.8. The predicted octanol–water partition coefficient (Wildman–Crippen LogP) is 3.73. The van der Waals surface area contributed by atoms with Gasteiger partial charge in [0, 0.05) is 36.3 Å². The van der Waals surface area contributed by atoms with Crippen molar-refractivity contribution in [2.75, 3.05) is 0 Å². The Labute approximate surface area is 212 Å². The Morgan fingerprint density at radius 1 is 0.703 bits per heavy atom. The van der Waals surface area contributed by atoms with Crippen molar-refractivity contribution in [2.45, 2.75) is 46.3 Å². The largest absolute Gasteiger partial charge is 0.297 e. The van der Waals surface area contributed by atoms with Gasteiger partial charge >= 0.3 is 0 Å². The Morgan fingerprint density at radius 2 is 1.14 bits per heavy atom. The van der Waals surface area contributed by atoms with E-state index in [0.717, 1.165) is 28.7 Å². The van der Waals surface area contributed by atoms with E-state index >= 15 is 17.6 Å². The van der Waals surface area contributed by atoms with Crippen molar-refractivity contribution in [3.63, 3.8) is 0 Å². The highest BCUT2D eigenvalue weighted by Gasteiger charge is 2.46. The highest BCUT2D eigenvalue weighted by atomic mass is 28.3. The third-order valence-corrected chi connectivity index (χ3v) is 9.88. The lowest BCUT2D eigenvalue weighted by molar-refractivity contribution is 0.513. The number of fused-ring (bicyclic) bond motifs is 4. The number of rotatable bonds is 3. The quantitative estimate of drug-likeness (QED) is 0.264. The lowest BCUT2D eigenvalue weighted by atomic mass is 9.34. The van der Waals surface area contributed by atoms with Crippen LogP contribution in [0.5, 0.6) is 0 Å². The molecule has 2 aliphatic rings. The second-order valence-corrected chi connectivity index (χ2v) is 16.0. The molecule has 5 aromatic rings. The number of imidazole rings is 2. The van der Waals surface area contributed by atoms with E-state index < -0.39 is 38.1 Å². The van der Waals surface area contributed by atoms with Gasteiger partial charge in [-0.05, 0) is 28.5 Å². The summed E-state index contributed by atoms with van der Waals surface area (Å²) in [5.74, 6) is -2.92. The SMILES string of the molecule is CCc1nc2cc(F)c(F)c3c2n1-c1cc([Si](C)(C)C)cc2c1B3c1c(F)c(F)cc3nc(CC)n-2c13. The zero-order valence-corrected chi connectivity index (χ0v) is 22.1. The number of hydrogen-bond donors (Lipinski definition) is 0. The van der Waals surface area contributed by atoms with Crippen molar-refractivity contribution >= 4 is 58.4 Å². The van der Waals surface area contributed by atoms with E-state index in [1.54, 1.807) is 0 Å². The molecule has 0 radical (unpaired) electrons. The number of hydrogen-bond acceptors (Lipinski definition) is 2. The van der Waals surface area contributed by atoms with Crippen LogP contribution in [0.4, 0.5) is 17.6 Å². The van der Waals surface area contributed by atoms with Crippen LogP contribution in [0.3, 0.4) is 0 Å². The second kappa shape index (κ2) is 7.12. The molecule has 0 bridgehead atoms. The fourth-order valence-electron chi connectivity index (χ4n) is 6.20. The fourth-order valence-corrected chi connectivity index (χ4v) is 7.34. The summed E-state index contributed by atoms with van der Waals surface area (Å²) < 4.78 is 65.5. The number of aromatic nitrogens is 4. The number of benzene rings is 3. The third-order valence-electron chi connectivity index (χ3n) is 7.86. The molecule has 4 heterocycles. The average Bonchev–Trinajstić information content (AvgIpc) is 3.41. The van der Waals surface area contributed by atoms with Gasteiger partial charge in [-0.25, -0.2) is 27.5 Å². The molecule has 186 valence electrons.